The second-order valence-electron chi connectivity index (χ2n) is 11.3. The van der Waals surface area contributed by atoms with Gasteiger partial charge < -0.3 is 14.6 Å². The van der Waals surface area contributed by atoms with Gasteiger partial charge in [-0.3, -0.25) is 24.3 Å². The van der Waals surface area contributed by atoms with Gasteiger partial charge in [-0.15, -0.1) is 0 Å². The number of pyridine rings is 2. The lowest BCUT2D eigenvalue weighted by Crippen LogP contribution is -2.47. The van der Waals surface area contributed by atoms with Crippen LogP contribution < -0.4 is 10.9 Å². The van der Waals surface area contributed by atoms with E-state index in [0.29, 0.717) is 31.6 Å². The molecule has 1 aliphatic rings. The monoisotopic (exact) mass is 562 g/mol. The molecule has 1 N–H and O–H groups in total. The third kappa shape index (κ3) is 7.47. The highest BCUT2D eigenvalue weighted by atomic mass is 19.1. The largest absolute Gasteiger partial charge is 0.469 e. The average Bonchev–Trinajstić information content (AvgIpc) is 2.91. The van der Waals surface area contributed by atoms with E-state index in [-0.39, 0.29) is 23.8 Å². The molecule has 1 amide bonds. The molecule has 2 aromatic heterocycles. The van der Waals surface area contributed by atoms with Gasteiger partial charge in [-0.25, -0.2) is 4.39 Å². The molecular formula is C32H39FN4O4. The van der Waals surface area contributed by atoms with Crippen LogP contribution in [0.1, 0.15) is 61.0 Å². The number of carbonyl (C=O) groups excluding carboxylic acids is 2. The molecule has 41 heavy (non-hydrogen) atoms. The van der Waals surface area contributed by atoms with Crippen molar-refractivity contribution >= 4 is 11.9 Å². The number of nitrogens with one attached hydrogen (secondary N) is 1. The van der Waals surface area contributed by atoms with Crippen molar-refractivity contribution in [2.75, 3.05) is 20.2 Å². The fraction of sp³-hybridized carbons (Fsp3) is 0.438. The summed E-state index contributed by atoms with van der Waals surface area (Å²) in [6.45, 7) is 9.25. The molecule has 1 aromatic carbocycles. The lowest BCUT2D eigenvalue weighted by Gasteiger charge is -2.34. The molecule has 1 aliphatic heterocycles. The van der Waals surface area contributed by atoms with Crippen LogP contribution in [-0.2, 0) is 20.9 Å². The second kappa shape index (κ2) is 13.2. The van der Waals surface area contributed by atoms with E-state index in [1.165, 1.54) is 17.7 Å². The average molecular weight is 563 g/mol. The van der Waals surface area contributed by atoms with Crippen LogP contribution in [0.2, 0.25) is 0 Å². The third-order valence-corrected chi connectivity index (χ3v) is 7.50. The molecule has 0 aliphatic carbocycles. The predicted molar refractivity (Wildman–Crippen MR) is 156 cm³/mol. The van der Waals surface area contributed by atoms with Gasteiger partial charge in [-0.05, 0) is 60.1 Å². The number of methoxy groups -OCH3 is 1. The first-order valence-corrected chi connectivity index (χ1v) is 14.0. The number of amides is 1. The van der Waals surface area contributed by atoms with Gasteiger partial charge in [0.05, 0.1) is 19.6 Å². The number of esters is 1. The third-order valence-electron chi connectivity index (χ3n) is 7.50. The Labute approximate surface area is 240 Å². The molecule has 4 rings (SSSR count). The highest BCUT2D eigenvalue weighted by molar-refractivity contribution is 5.82. The first-order chi connectivity index (χ1) is 19.5. The normalized spacial score (nSPS) is 15.3. The summed E-state index contributed by atoms with van der Waals surface area (Å²) < 4.78 is 19.7. The second-order valence-corrected chi connectivity index (χ2v) is 11.3. The van der Waals surface area contributed by atoms with E-state index in [2.05, 4.69) is 10.3 Å². The molecule has 9 heteroatoms. The van der Waals surface area contributed by atoms with Gasteiger partial charge >= 0.3 is 5.97 Å². The summed E-state index contributed by atoms with van der Waals surface area (Å²) in [6, 6.07) is 9.65. The van der Waals surface area contributed by atoms with Gasteiger partial charge in [0.25, 0.3) is 5.56 Å². The zero-order chi connectivity index (χ0) is 29.7. The summed E-state index contributed by atoms with van der Waals surface area (Å²) in [5, 5.41) is 3.03. The lowest BCUT2D eigenvalue weighted by atomic mass is 9.94. The van der Waals surface area contributed by atoms with Crippen molar-refractivity contribution in [3.8, 4) is 11.1 Å². The first kappa shape index (κ1) is 30.1. The maximum absolute atomic E-state index is 13.9. The van der Waals surface area contributed by atoms with E-state index in [0.717, 1.165) is 27.8 Å². The maximum atomic E-state index is 13.9. The van der Waals surface area contributed by atoms with Crippen LogP contribution in [0.4, 0.5) is 4.39 Å². The Balaban J connectivity index is 1.66. The molecule has 3 aromatic rings. The van der Waals surface area contributed by atoms with Gasteiger partial charge in [0.1, 0.15) is 12.2 Å². The number of carbonyl (C=O) groups is 2. The number of rotatable bonds is 11. The topological polar surface area (TPSA) is 93.5 Å². The van der Waals surface area contributed by atoms with Gasteiger partial charge in [0, 0.05) is 49.9 Å². The van der Waals surface area contributed by atoms with Gasteiger partial charge in [-0.2, -0.15) is 0 Å². The van der Waals surface area contributed by atoms with E-state index in [1.54, 1.807) is 24.7 Å². The Hall–Kier alpha value is -3.85. The van der Waals surface area contributed by atoms with Crippen molar-refractivity contribution < 1.29 is 18.7 Å². The van der Waals surface area contributed by atoms with Crippen LogP contribution in [0.5, 0.6) is 0 Å². The fourth-order valence-corrected chi connectivity index (χ4v) is 5.40. The Morgan fingerprint density at radius 2 is 1.83 bits per heavy atom. The number of aromatic nitrogens is 2. The molecule has 1 fully saturated rings. The van der Waals surface area contributed by atoms with Crippen molar-refractivity contribution in [1.29, 1.82) is 0 Å². The van der Waals surface area contributed by atoms with Crippen LogP contribution in [-0.4, -0.2) is 52.7 Å². The quantitative estimate of drug-likeness (QED) is 0.341. The molecule has 1 unspecified atom stereocenters. The Morgan fingerprint density at radius 1 is 1.12 bits per heavy atom. The molecule has 0 saturated carbocycles. The minimum absolute atomic E-state index is 0.0944. The Kier molecular flexibility index (Phi) is 9.70. The molecule has 8 nitrogen and oxygen atoms in total. The minimum Gasteiger partial charge on any atom is -0.469 e. The SMILES string of the molecule is COC(=O)C[C@H](NC(=O)C(CC(C)C)n1cc(CN2CC(F)C2)ccc1=O)c1cncc(-c2c(C)cccc2C)c1. The van der Waals surface area contributed by atoms with E-state index in [9.17, 15) is 18.8 Å². The molecule has 0 bridgehead atoms. The summed E-state index contributed by atoms with van der Waals surface area (Å²) in [5.41, 5.74) is 5.30. The van der Waals surface area contributed by atoms with Crippen molar-refractivity contribution in [3.05, 3.63) is 87.6 Å². The van der Waals surface area contributed by atoms with Gasteiger partial charge in [0.2, 0.25) is 5.91 Å². The standard InChI is InChI=1S/C32H39FN4O4/c1-20(2)11-28(37-17-23(9-10-29(37)38)16-36-18-26(33)19-36)32(40)35-27(13-30(39)41-5)24-12-25(15-34-14-24)31-21(3)7-6-8-22(31)4/h6-10,12,14-15,17,20,26-28H,11,13,16,18-19H2,1-5H3,(H,35,40)/t27-,28?/m0/s1. The Bertz CT molecular complexity index is 1430. The molecule has 2 atom stereocenters. The summed E-state index contributed by atoms with van der Waals surface area (Å²) in [6.07, 6.45) is 4.60. The van der Waals surface area contributed by atoms with Crippen molar-refractivity contribution in [2.24, 2.45) is 5.92 Å². The number of aryl methyl sites for hydroxylation is 2. The number of likely N-dealkylation sites (tertiary alicyclic amines) is 1. The number of benzene rings is 1. The Morgan fingerprint density at radius 3 is 2.46 bits per heavy atom. The number of halogens is 1. The zero-order valence-corrected chi connectivity index (χ0v) is 24.4. The van der Waals surface area contributed by atoms with Crippen LogP contribution in [0.25, 0.3) is 11.1 Å². The zero-order valence-electron chi connectivity index (χ0n) is 24.4. The van der Waals surface area contributed by atoms with E-state index in [1.807, 2.05) is 56.9 Å². The maximum Gasteiger partial charge on any atom is 0.307 e. The number of nitrogens with zero attached hydrogens (tertiary/aromatic N) is 3. The predicted octanol–water partition coefficient (Wildman–Crippen LogP) is 4.69. The molecule has 0 spiro atoms. The summed E-state index contributed by atoms with van der Waals surface area (Å²) in [5.74, 6) is -0.748. The summed E-state index contributed by atoms with van der Waals surface area (Å²) in [4.78, 5) is 45.7. The van der Waals surface area contributed by atoms with Crippen molar-refractivity contribution in [3.63, 3.8) is 0 Å². The van der Waals surface area contributed by atoms with Gasteiger partial charge in [-0.1, -0.05) is 38.1 Å². The number of ether oxygens (including phenoxy) is 1. The highest BCUT2D eigenvalue weighted by Gasteiger charge is 2.29. The smallest absolute Gasteiger partial charge is 0.307 e. The van der Waals surface area contributed by atoms with Crippen LogP contribution in [0, 0.1) is 19.8 Å². The van der Waals surface area contributed by atoms with E-state index >= 15 is 0 Å². The first-order valence-electron chi connectivity index (χ1n) is 14.0. The van der Waals surface area contributed by atoms with Crippen molar-refractivity contribution in [2.45, 2.75) is 65.3 Å². The van der Waals surface area contributed by atoms with E-state index < -0.39 is 24.2 Å². The lowest BCUT2D eigenvalue weighted by molar-refractivity contribution is -0.141. The molecule has 3 heterocycles. The van der Waals surface area contributed by atoms with Crippen LogP contribution >= 0.6 is 0 Å². The minimum atomic E-state index is -0.824. The summed E-state index contributed by atoms with van der Waals surface area (Å²) in [7, 11) is 1.31. The molecule has 218 valence electrons. The molecule has 1 saturated heterocycles. The summed E-state index contributed by atoms with van der Waals surface area (Å²) >= 11 is 0. The molecule has 0 radical (unpaired) electrons. The van der Waals surface area contributed by atoms with Gasteiger partial charge in [0.15, 0.2) is 0 Å². The van der Waals surface area contributed by atoms with E-state index in [4.69, 9.17) is 4.74 Å². The number of hydrogen-bond donors (Lipinski definition) is 1. The number of alkyl halides is 1. The highest BCUT2D eigenvalue weighted by Crippen LogP contribution is 2.30. The fourth-order valence-electron chi connectivity index (χ4n) is 5.40. The van der Waals surface area contributed by atoms with Crippen LogP contribution in [0.15, 0.2) is 59.8 Å². The number of hydrogen-bond acceptors (Lipinski definition) is 6. The molecular weight excluding hydrogens is 523 g/mol. The van der Waals surface area contributed by atoms with Crippen LogP contribution in [0.3, 0.4) is 0 Å². The van der Waals surface area contributed by atoms with Crippen molar-refractivity contribution in [1.82, 2.24) is 19.8 Å².